The minimum atomic E-state index is -0.610. The SMILES string of the molecule is Cc1cccc(N2CCN(C(=O)c3ccc([N+](=O)[O-])cc3)C(C)C2=O)c1C. The van der Waals surface area contributed by atoms with Crippen molar-refractivity contribution in [1.82, 2.24) is 4.90 Å². The van der Waals surface area contributed by atoms with Crippen LogP contribution in [0.4, 0.5) is 11.4 Å². The van der Waals surface area contributed by atoms with E-state index in [0.29, 0.717) is 18.7 Å². The first-order valence-corrected chi connectivity index (χ1v) is 8.74. The van der Waals surface area contributed by atoms with Crippen LogP contribution in [0.25, 0.3) is 0 Å². The van der Waals surface area contributed by atoms with Gasteiger partial charge in [-0.2, -0.15) is 0 Å². The van der Waals surface area contributed by atoms with Crippen molar-refractivity contribution in [2.75, 3.05) is 18.0 Å². The minimum absolute atomic E-state index is 0.0737. The molecule has 1 aliphatic rings. The highest BCUT2D eigenvalue weighted by Crippen LogP contribution is 2.27. The predicted molar refractivity (Wildman–Crippen MR) is 102 cm³/mol. The number of benzene rings is 2. The molecule has 2 aromatic carbocycles. The number of rotatable bonds is 3. The van der Waals surface area contributed by atoms with E-state index >= 15 is 0 Å². The summed E-state index contributed by atoms with van der Waals surface area (Å²) in [5.41, 5.74) is 3.29. The van der Waals surface area contributed by atoms with Crippen LogP contribution >= 0.6 is 0 Å². The number of amides is 2. The lowest BCUT2D eigenvalue weighted by Gasteiger charge is -2.39. The zero-order valence-electron chi connectivity index (χ0n) is 15.5. The fraction of sp³-hybridized carbons (Fsp3) is 0.300. The Morgan fingerprint density at radius 1 is 1.11 bits per heavy atom. The van der Waals surface area contributed by atoms with Gasteiger partial charge in [-0.3, -0.25) is 19.7 Å². The van der Waals surface area contributed by atoms with Crippen LogP contribution in [0.2, 0.25) is 0 Å². The van der Waals surface area contributed by atoms with Crippen molar-refractivity contribution in [3.8, 4) is 0 Å². The highest BCUT2D eigenvalue weighted by atomic mass is 16.6. The first-order valence-electron chi connectivity index (χ1n) is 8.74. The largest absolute Gasteiger partial charge is 0.325 e. The normalized spacial score (nSPS) is 17.1. The molecule has 1 saturated heterocycles. The van der Waals surface area contributed by atoms with Crippen molar-refractivity contribution < 1.29 is 14.5 Å². The number of aryl methyl sites for hydroxylation is 1. The predicted octanol–water partition coefficient (Wildman–Crippen LogP) is 3.09. The zero-order valence-corrected chi connectivity index (χ0v) is 15.5. The van der Waals surface area contributed by atoms with Crippen molar-refractivity contribution >= 4 is 23.2 Å². The summed E-state index contributed by atoms with van der Waals surface area (Å²) in [5.74, 6) is -0.434. The molecular weight excluding hydrogens is 346 g/mol. The lowest BCUT2D eigenvalue weighted by atomic mass is 10.0. The lowest BCUT2D eigenvalue weighted by Crippen LogP contribution is -2.58. The zero-order chi connectivity index (χ0) is 19.7. The van der Waals surface area contributed by atoms with E-state index in [1.807, 2.05) is 32.0 Å². The smallest absolute Gasteiger partial charge is 0.269 e. The van der Waals surface area contributed by atoms with E-state index in [4.69, 9.17) is 0 Å². The molecule has 1 atom stereocenters. The summed E-state index contributed by atoms with van der Waals surface area (Å²) in [5, 5.41) is 10.8. The topological polar surface area (TPSA) is 83.8 Å². The summed E-state index contributed by atoms with van der Waals surface area (Å²) in [7, 11) is 0. The highest BCUT2D eigenvalue weighted by molar-refractivity contribution is 6.03. The highest BCUT2D eigenvalue weighted by Gasteiger charge is 2.36. The second-order valence-electron chi connectivity index (χ2n) is 6.69. The van der Waals surface area contributed by atoms with Crippen LogP contribution in [0.5, 0.6) is 0 Å². The second-order valence-corrected chi connectivity index (χ2v) is 6.69. The molecule has 0 N–H and O–H groups in total. The van der Waals surface area contributed by atoms with Gasteiger partial charge in [0.1, 0.15) is 6.04 Å². The molecule has 7 heteroatoms. The Hall–Kier alpha value is -3.22. The van der Waals surface area contributed by atoms with Gasteiger partial charge in [0.25, 0.3) is 11.6 Å². The average molecular weight is 367 g/mol. The Labute approximate surface area is 157 Å². The number of non-ortho nitro benzene ring substituents is 1. The third-order valence-corrected chi connectivity index (χ3v) is 5.11. The number of nitro benzene ring substituents is 1. The van der Waals surface area contributed by atoms with Crippen LogP contribution in [0.15, 0.2) is 42.5 Å². The molecule has 3 rings (SSSR count). The molecule has 1 aliphatic heterocycles. The number of carbonyl (C=O) groups is 2. The van der Waals surface area contributed by atoms with Crippen molar-refractivity contribution in [2.45, 2.75) is 26.8 Å². The van der Waals surface area contributed by atoms with Gasteiger partial charge in [0.05, 0.1) is 4.92 Å². The summed E-state index contributed by atoms with van der Waals surface area (Å²) in [4.78, 5) is 39.2. The molecule has 0 aliphatic carbocycles. The number of hydrogen-bond donors (Lipinski definition) is 0. The van der Waals surface area contributed by atoms with Gasteiger partial charge in [-0.1, -0.05) is 12.1 Å². The Kier molecular flexibility index (Phi) is 4.94. The fourth-order valence-corrected chi connectivity index (χ4v) is 3.31. The maximum Gasteiger partial charge on any atom is 0.269 e. The maximum absolute atomic E-state index is 12.9. The summed E-state index contributed by atoms with van der Waals surface area (Å²) < 4.78 is 0. The quantitative estimate of drug-likeness (QED) is 0.616. The van der Waals surface area contributed by atoms with E-state index in [1.165, 1.54) is 29.2 Å². The molecule has 0 bridgehead atoms. The van der Waals surface area contributed by atoms with Crippen molar-refractivity contribution in [1.29, 1.82) is 0 Å². The molecule has 2 aromatic rings. The molecule has 140 valence electrons. The number of nitrogens with zero attached hydrogens (tertiary/aromatic N) is 3. The average Bonchev–Trinajstić information content (AvgIpc) is 2.66. The molecule has 0 spiro atoms. The number of anilines is 1. The monoisotopic (exact) mass is 367 g/mol. The van der Waals surface area contributed by atoms with E-state index in [2.05, 4.69) is 0 Å². The minimum Gasteiger partial charge on any atom is -0.325 e. The van der Waals surface area contributed by atoms with E-state index in [-0.39, 0.29) is 17.5 Å². The Morgan fingerprint density at radius 2 is 1.78 bits per heavy atom. The standard InChI is InChI=1S/C20H21N3O4/c1-13-5-4-6-18(14(13)2)22-12-11-21(15(3)19(22)24)20(25)16-7-9-17(10-8-16)23(26)27/h4-10,15H,11-12H2,1-3H3. The van der Waals surface area contributed by atoms with Crippen molar-refractivity contribution in [3.63, 3.8) is 0 Å². The summed E-state index contributed by atoms with van der Waals surface area (Å²) >= 11 is 0. The van der Waals surface area contributed by atoms with E-state index < -0.39 is 11.0 Å². The number of piperazine rings is 1. The van der Waals surface area contributed by atoms with Crippen LogP contribution < -0.4 is 4.90 Å². The van der Waals surface area contributed by atoms with E-state index in [9.17, 15) is 19.7 Å². The molecule has 0 radical (unpaired) electrons. The molecule has 1 heterocycles. The third kappa shape index (κ3) is 3.40. The van der Waals surface area contributed by atoms with Gasteiger partial charge in [-0.05, 0) is 50.1 Å². The van der Waals surface area contributed by atoms with Gasteiger partial charge < -0.3 is 9.80 Å². The molecule has 2 amide bonds. The Balaban J connectivity index is 1.81. The molecule has 1 fully saturated rings. The van der Waals surface area contributed by atoms with E-state index in [0.717, 1.165) is 16.8 Å². The van der Waals surface area contributed by atoms with Crippen molar-refractivity contribution in [3.05, 3.63) is 69.3 Å². The van der Waals surface area contributed by atoms with Gasteiger partial charge in [0, 0.05) is 36.5 Å². The number of hydrogen-bond acceptors (Lipinski definition) is 4. The van der Waals surface area contributed by atoms with Crippen molar-refractivity contribution in [2.24, 2.45) is 0 Å². The van der Waals surface area contributed by atoms with E-state index in [1.54, 1.807) is 11.8 Å². The van der Waals surface area contributed by atoms with Gasteiger partial charge in [-0.25, -0.2) is 0 Å². The maximum atomic E-state index is 12.9. The van der Waals surface area contributed by atoms with Crippen LogP contribution in [-0.4, -0.2) is 40.8 Å². The van der Waals surface area contributed by atoms with Crippen LogP contribution in [0, 0.1) is 24.0 Å². The fourth-order valence-electron chi connectivity index (χ4n) is 3.31. The molecule has 0 saturated carbocycles. The Bertz CT molecular complexity index is 908. The van der Waals surface area contributed by atoms with Crippen LogP contribution in [0.3, 0.4) is 0 Å². The van der Waals surface area contributed by atoms with Crippen LogP contribution in [0.1, 0.15) is 28.4 Å². The molecule has 1 unspecified atom stereocenters. The van der Waals surface area contributed by atoms with Gasteiger partial charge in [0.2, 0.25) is 5.91 Å². The molecule has 27 heavy (non-hydrogen) atoms. The van der Waals surface area contributed by atoms with Crippen LogP contribution in [-0.2, 0) is 4.79 Å². The first-order chi connectivity index (χ1) is 12.8. The first kappa shape index (κ1) is 18.6. The third-order valence-electron chi connectivity index (χ3n) is 5.11. The van der Waals surface area contributed by atoms with Gasteiger partial charge in [0.15, 0.2) is 0 Å². The lowest BCUT2D eigenvalue weighted by molar-refractivity contribution is -0.384. The summed E-state index contributed by atoms with van der Waals surface area (Å²) in [6, 6.07) is 10.7. The Morgan fingerprint density at radius 3 is 2.41 bits per heavy atom. The molecule has 0 aromatic heterocycles. The molecular formula is C20H21N3O4. The van der Waals surface area contributed by atoms with Gasteiger partial charge in [-0.15, -0.1) is 0 Å². The molecule has 7 nitrogen and oxygen atoms in total. The summed E-state index contributed by atoms with van der Waals surface area (Å²) in [6.45, 7) is 6.50. The number of nitro groups is 1. The number of carbonyl (C=O) groups excluding carboxylic acids is 2. The van der Waals surface area contributed by atoms with Gasteiger partial charge >= 0.3 is 0 Å². The summed E-state index contributed by atoms with van der Waals surface area (Å²) in [6.07, 6.45) is 0. The second kappa shape index (κ2) is 7.19.